The maximum absolute atomic E-state index is 12.2. The van der Waals surface area contributed by atoms with E-state index in [2.05, 4.69) is 60.3 Å². The van der Waals surface area contributed by atoms with Crippen LogP contribution in [-0.2, 0) is 4.79 Å². The third-order valence-electron chi connectivity index (χ3n) is 4.44. The monoisotopic (exact) mass is 445 g/mol. The Morgan fingerprint density at radius 2 is 1.90 bits per heavy atom. The molecule has 3 rings (SSSR count). The van der Waals surface area contributed by atoms with E-state index in [1.165, 1.54) is 28.7 Å². The molecule has 2 heterocycles. The van der Waals surface area contributed by atoms with E-state index < -0.39 is 0 Å². The van der Waals surface area contributed by atoms with E-state index in [1.54, 1.807) is 6.20 Å². The minimum Gasteiger partial charge on any atom is -0.483 e. The lowest BCUT2D eigenvalue weighted by Crippen LogP contribution is -2.16. The minimum atomic E-state index is -0.275. The fraction of sp³-hybridized carbons (Fsp3) is 0.429. The number of hydrogen-bond donors (Lipinski definition) is 1. The molecule has 30 heavy (non-hydrogen) atoms. The smallest absolute Gasteiger partial charge is 0.236 e. The van der Waals surface area contributed by atoms with E-state index in [4.69, 9.17) is 4.74 Å². The number of thioether (sulfide) groups is 1. The second kappa shape index (κ2) is 10.1. The van der Waals surface area contributed by atoms with Gasteiger partial charge in [0.15, 0.2) is 22.2 Å². The molecule has 2 aromatic heterocycles. The number of anilines is 1. The van der Waals surface area contributed by atoms with Crippen LogP contribution in [0.2, 0.25) is 0 Å². The molecule has 1 unspecified atom stereocenters. The van der Waals surface area contributed by atoms with Crippen LogP contribution in [0.1, 0.15) is 64.1 Å². The number of amides is 1. The van der Waals surface area contributed by atoms with Crippen molar-refractivity contribution in [1.29, 1.82) is 0 Å². The molecule has 1 atom stereocenters. The molecule has 0 aliphatic carbocycles. The summed E-state index contributed by atoms with van der Waals surface area (Å²) in [6.07, 6.45) is 1.38. The van der Waals surface area contributed by atoms with Crippen molar-refractivity contribution in [2.24, 2.45) is 0 Å². The van der Waals surface area contributed by atoms with Gasteiger partial charge in [0.1, 0.15) is 5.75 Å². The van der Waals surface area contributed by atoms with Crippen LogP contribution in [0.5, 0.6) is 5.75 Å². The van der Waals surface area contributed by atoms with Crippen LogP contribution in [0.4, 0.5) is 5.13 Å². The predicted octanol–water partition coefficient (Wildman–Crippen LogP) is 5.31. The number of thiazole rings is 1. The van der Waals surface area contributed by atoms with Crippen LogP contribution in [0.25, 0.3) is 0 Å². The van der Waals surface area contributed by atoms with E-state index in [0.717, 1.165) is 11.6 Å². The summed E-state index contributed by atoms with van der Waals surface area (Å²) < 4.78 is 8.14. The van der Waals surface area contributed by atoms with Crippen molar-refractivity contribution < 1.29 is 9.53 Å². The molecule has 1 aromatic carbocycles. The maximum Gasteiger partial charge on any atom is 0.236 e. The van der Waals surface area contributed by atoms with Crippen molar-refractivity contribution in [2.45, 2.75) is 57.8 Å². The van der Waals surface area contributed by atoms with Gasteiger partial charge in [0.2, 0.25) is 5.91 Å². The van der Waals surface area contributed by atoms with Gasteiger partial charge in [-0.15, -0.1) is 21.5 Å². The molecule has 0 saturated carbocycles. The minimum absolute atomic E-state index is 0.121. The zero-order valence-electron chi connectivity index (χ0n) is 17.8. The Morgan fingerprint density at radius 3 is 2.50 bits per heavy atom. The number of carbonyl (C=O) groups excluding carboxylic acids is 1. The largest absolute Gasteiger partial charge is 0.483 e. The van der Waals surface area contributed by atoms with Crippen molar-refractivity contribution in [3.8, 4) is 5.75 Å². The molecule has 0 aliphatic heterocycles. The SMILES string of the molecule is CC(C)c1ccc(OC(C)c2nnc(SCC(=O)Nc3nccs3)n2C(C)C)cc1. The molecule has 160 valence electrons. The molecule has 0 saturated heterocycles. The van der Waals surface area contributed by atoms with E-state index in [9.17, 15) is 4.79 Å². The third kappa shape index (κ3) is 5.60. The van der Waals surface area contributed by atoms with Gasteiger partial charge in [-0.2, -0.15) is 0 Å². The molecular formula is C21H27N5O2S2. The lowest BCUT2D eigenvalue weighted by atomic mass is 10.0. The van der Waals surface area contributed by atoms with E-state index in [-0.39, 0.29) is 23.8 Å². The number of hydrogen-bond acceptors (Lipinski definition) is 7. The van der Waals surface area contributed by atoms with Crippen LogP contribution in [0.3, 0.4) is 0 Å². The lowest BCUT2D eigenvalue weighted by molar-refractivity contribution is -0.113. The summed E-state index contributed by atoms with van der Waals surface area (Å²) in [4.78, 5) is 16.2. The number of ether oxygens (including phenoxy) is 1. The molecule has 9 heteroatoms. The molecule has 0 aliphatic rings. The Kier molecular flexibility index (Phi) is 7.49. The number of rotatable bonds is 9. The van der Waals surface area contributed by atoms with Gasteiger partial charge in [-0.1, -0.05) is 37.7 Å². The molecule has 3 aromatic rings. The second-order valence-electron chi connectivity index (χ2n) is 7.46. The first kappa shape index (κ1) is 22.3. The van der Waals surface area contributed by atoms with Gasteiger partial charge in [-0.3, -0.25) is 4.79 Å². The topological polar surface area (TPSA) is 81.9 Å². The van der Waals surface area contributed by atoms with E-state index in [0.29, 0.717) is 16.2 Å². The number of benzene rings is 1. The highest BCUT2D eigenvalue weighted by atomic mass is 32.2. The number of nitrogens with one attached hydrogen (secondary N) is 1. The normalized spacial score (nSPS) is 12.4. The molecule has 1 amide bonds. The van der Waals surface area contributed by atoms with E-state index >= 15 is 0 Å². The summed E-state index contributed by atoms with van der Waals surface area (Å²) in [6.45, 7) is 10.4. The molecule has 0 radical (unpaired) electrons. The Bertz CT molecular complexity index is 952. The fourth-order valence-corrected chi connectivity index (χ4v) is 4.33. The van der Waals surface area contributed by atoms with Crippen molar-refractivity contribution in [3.05, 3.63) is 47.2 Å². The Balaban J connectivity index is 1.67. The third-order valence-corrected chi connectivity index (χ3v) is 6.07. The standard InChI is InChI=1S/C21H27N5O2S2/c1-13(2)16-6-8-17(9-7-16)28-15(5)19-24-25-21(26(19)14(3)4)30-12-18(27)23-20-22-10-11-29-20/h6-11,13-15H,12H2,1-5H3,(H,22,23,27). The molecule has 0 spiro atoms. The Morgan fingerprint density at radius 1 is 1.17 bits per heavy atom. The van der Waals surface area contributed by atoms with Gasteiger partial charge in [0.05, 0.1) is 5.75 Å². The van der Waals surface area contributed by atoms with Gasteiger partial charge in [-0.25, -0.2) is 4.98 Å². The fourth-order valence-electron chi connectivity index (χ4n) is 2.91. The highest BCUT2D eigenvalue weighted by Gasteiger charge is 2.22. The summed E-state index contributed by atoms with van der Waals surface area (Å²) in [5.74, 6) is 2.12. The van der Waals surface area contributed by atoms with Crippen molar-refractivity contribution in [1.82, 2.24) is 19.7 Å². The summed E-state index contributed by atoms with van der Waals surface area (Å²) in [5, 5.41) is 14.6. The Labute approximate surface area is 185 Å². The second-order valence-corrected chi connectivity index (χ2v) is 9.30. The van der Waals surface area contributed by atoms with Crippen LogP contribution in [0.15, 0.2) is 41.0 Å². The van der Waals surface area contributed by atoms with Gasteiger partial charge in [0, 0.05) is 17.6 Å². The van der Waals surface area contributed by atoms with Crippen molar-refractivity contribution in [2.75, 3.05) is 11.1 Å². The number of nitrogens with zero attached hydrogens (tertiary/aromatic N) is 4. The van der Waals surface area contributed by atoms with Gasteiger partial charge >= 0.3 is 0 Å². The predicted molar refractivity (Wildman–Crippen MR) is 121 cm³/mol. The summed E-state index contributed by atoms with van der Waals surface area (Å²) in [6, 6.07) is 8.28. The first-order chi connectivity index (χ1) is 14.3. The first-order valence-corrected chi connectivity index (χ1v) is 11.7. The molecule has 1 N–H and O–H groups in total. The summed E-state index contributed by atoms with van der Waals surface area (Å²) in [7, 11) is 0. The van der Waals surface area contributed by atoms with Gasteiger partial charge in [-0.05, 0) is 44.4 Å². The van der Waals surface area contributed by atoms with Crippen molar-refractivity contribution in [3.63, 3.8) is 0 Å². The first-order valence-electron chi connectivity index (χ1n) is 9.88. The summed E-state index contributed by atoms with van der Waals surface area (Å²) >= 11 is 2.74. The lowest BCUT2D eigenvalue weighted by Gasteiger charge is -2.19. The van der Waals surface area contributed by atoms with Crippen LogP contribution < -0.4 is 10.1 Å². The highest BCUT2D eigenvalue weighted by Crippen LogP contribution is 2.28. The van der Waals surface area contributed by atoms with Gasteiger partial charge < -0.3 is 14.6 Å². The Hall–Kier alpha value is -2.39. The zero-order valence-corrected chi connectivity index (χ0v) is 19.5. The van der Waals surface area contributed by atoms with E-state index in [1.807, 2.05) is 29.0 Å². The quantitative estimate of drug-likeness (QED) is 0.450. The van der Waals surface area contributed by atoms with Crippen molar-refractivity contribution >= 4 is 34.1 Å². The van der Waals surface area contributed by atoms with Crippen LogP contribution >= 0.6 is 23.1 Å². The highest BCUT2D eigenvalue weighted by molar-refractivity contribution is 7.99. The molecule has 7 nitrogen and oxygen atoms in total. The molecular weight excluding hydrogens is 418 g/mol. The van der Waals surface area contributed by atoms with Crippen LogP contribution in [-0.4, -0.2) is 31.4 Å². The molecule has 0 fully saturated rings. The zero-order chi connectivity index (χ0) is 21.7. The number of aromatic nitrogens is 4. The maximum atomic E-state index is 12.2. The number of carbonyl (C=O) groups is 1. The average Bonchev–Trinajstić information content (AvgIpc) is 3.36. The average molecular weight is 446 g/mol. The summed E-state index contributed by atoms with van der Waals surface area (Å²) in [5.41, 5.74) is 1.27. The van der Waals surface area contributed by atoms with Crippen LogP contribution in [0, 0.1) is 0 Å². The molecule has 0 bridgehead atoms. The van der Waals surface area contributed by atoms with Gasteiger partial charge in [0.25, 0.3) is 0 Å².